The molecular weight excluding hydrogens is 421 g/mol. The number of amides is 1. The lowest BCUT2D eigenvalue weighted by molar-refractivity contribution is -0.151. The van der Waals surface area contributed by atoms with Gasteiger partial charge in [0.2, 0.25) is 5.91 Å². The summed E-state index contributed by atoms with van der Waals surface area (Å²) < 4.78 is 5.04. The van der Waals surface area contributed by atoms with Gasteiger partial charge in [-0.1, -0.05) is 83.4 Å². The summed E-state index contributed by atoms with van der Waals surface area (Å²) >= 11 is 16.9. The lowest BCUT2D eigenvalue weighted by atomic mass is 9.82. The van der Waals surface area contributed by atoms with Crippen LogP contribution in [0.3, 0.4) is 0 Å². The largest absolute Gasteiger partial charge is 0.460 e. The van der Waals surface area contributed by atoms with Gasteiger partial charge < -0.3 is 10.1 Å². The molecule has 0 spiro atoms. The third-order valence-electron chi connectivity index (χ3n) is 4.67. The van der Waals surface area contributed by atoms with Crippen molar-refractivity contribution in [1.29, 1.82) is 0 Å². The number of fused-ring (bicyclic) bond motifs is 1. The number of halogens is 3. The Morgan fingerprint density at radius 3 is 2.39 bits per heavy atom. The smallest absolute Gasteiger partial charge is 0.310 e. The average Bonchev–Trinajstić information content (AvgIpc) is 2.71. The van der Waals surface area contributed by atoms with Gasteiger partial charge in [0.05, 0.1) is 16.9 Å². The zero-order chi connectivity index (χ0) is 20.1. The molecule has 2 aromatic carbocycles. The summed E-state index contributed by atoms with van der Waals surface area (Å²) in [7, 11) is 0. The van der Waals surface area contributed by atoms with Gasteiger partial charge in [-0.15, -0.1) is 0 Å². The molecule has 1 aliphatic rings. The number of rotatable bonds is 5. The van der Waals surface area contributed by atoms with Crippen molar-refractivity contribution in [2.45, 2.75) is 12.8 Å². The van der Waals surface area contributed by atoms with Crippen molar-refractivity contribution in [3.05, 3.63) is 64.1 Å². The van der Waals surface area contributed by atoms with Crippen LogP contribution in [0.2, 0.25) is 0 Å². The predicted octanol–water partition coefficient (Wildman–Crippen LogP) is 5.79. The minimum atomic E-state index is -0.599. The number of allylic oxidation sites excluding steroid dienone is 2. The Balaban J connectivity index is 1.74. The van der Waals surface area contributed by atoms with E-state index in [0.29, 0.717) is 18.5 Å². The first kappa shape index (κ1) is 20.7. The minimum Gasteiger partial charge on any atom is -0.460 e. The van der Waals surface area contributed by atoms with Crippen molar-refractivity contribution in [2.24, 2.45) is 11.8 Å². The number of hydrogen-bond donors (Lipinski definition) is 1. The second-order valence-corrected chi connectivity index (χ2v) is 7.85. The molecule has 28 heavy (non-hydrogen) atoms. The molecule has 0 radical (unpaired) electrons. The van der Waals surface area contributed by atoms with E-state index in [1.807, 2.05) is 54.6 Å². The number of ether oxygens (including phenoxy) is 1. The summed E-state index contributed by atoms with van der Waals surface area (Å²) in [6.45, 7) is -0.222. The van der Waals surface area contributed by atoms with E-state index in [0.717, 1.165) is 10.8 Å². The van der Waals surface area contributed by atoms with Crippen molar-refractivity contribution >= 4 is 63.1 Å². The van der Waals surface area contributed by atoms with Crippen LogP contribution < -0.4 is 5.32 Å². The summed E-state index contributed by atoms with van der Waals surface area (Å²) in [5.41, 5.74) is 0.713. The molecule has 0 fully saturated rings. The van der Waals surface area contributed by atoms with Crippen LogP contribution in [-0.2, 0) is 14.3 Å². The normalized spacial score (nSPS) is 18.5. The molecule has 0 heterocycles. The van der Waals surface area contributed by atoms with Crippen LogP contribution in [0.5, 0.6) is 0 Å². The molecule has 7 heteroatoms. The van der Waals surface area contributed by atoms with E-state index >= 15 is 0 Å². The zero-order valence-corrected chi connectivity index (χ0v) is 17.1. The third-order valence-corrected chi connectivity index (χ3v) is 5.61. The highest BCUT2D eigenvalue weighted by atomic mass is 35.5. The van der Waals surface area contributed by atoms with Crippen LogP contribution in [0.15, 0.2) is 64.1 Å². The Labute approximate surface area is 178 Å². The van der Waals surface area contributed by atoms with Crippen molar-refractivity contribution in [3.63, 3.8) is 0 Å². The molecule has 2 atom stereocenters. The van der Waals surface area contributed by atoms with Gasteiger partial charge in [-0.2, -0.15) is 0 Å². The fraction of sp³-hybridized carbons (Fsp3) is 0.238. The molecule has 0 aliphatic heterocycles. The van der Waals surface area contributed by atoms with E-state index < -0.39 is 17.8 Å². The molecule has 0 aromatic heterocycles. The third kappa shape index (κ3) is 4.88. The maximum absolute atomic E-state index is 12.9. The van der Waals surface area contributed by atoms with Crippen LogP contribution in [-0.4, -0.2) is 18.5 Å². The van der Waals surface area contributed by atoms with E-state index in [1.54, 1.807) is 0 Å². The molecule has 3 rings (SSSR count). The van der Waals surface area contributed by atoms with Gasteiger partial charge in [-0.3, -0.25) is 9.59 Å². The number of carbonyl (C=O) groups is 2. The molecule has 1 aliphatic carbocycles. The van der Waals surface area contributed by atoms with Crippen LogP contribution in [0.25, 0.3) is 10.8 Å². The van der Waals surface area contributed by atoms with Crippen molar-refractivity contribution in [1.82, 2.24) is 0 Å². The van der Waals surface area contributed by atoms with Gasteiger partial charge in [-0.05, 0) is 24.3 Å². The quantitative estimate of drug-likeness (QED) is 0.475. The molecule has 1 N–H and O–H groups in total. The first-order chi connectivity index (χ1) is 13.5. The fourth-order valence-corrected chi connectivity index (χ4v) is 3.38. The number of benzene rings is 2. The highest BCUT2D eigenvalue weighted by Gasteiger charge is 2.35. The Kier molecular flexibility index (Phi) is 7.00. The molecule has 4 nitrogen and oxygen atoms in total. The maximum atomic E-state index is 12.9. The molecule has 0 bridgehead atoms. The maximum Gasteiger partial charge on any atom is 0.310 e. The Bertz CT molecular complexity index is 946. The number of nitrogens with one attached hydrogen (secondary N) is 1. The lowest BCUT2D eigenvalue weighted by Crippen LogP contribution is -2.36. The Morgan fingerprint density at radius 2 is 1.64 bits per heavy atom. The zero-order valence-electron chi connectivity index (χ0n) is 14.8. The summed E-state index contributed by atoms with van der Waals surface area (Å²) in [6.07, 6.45) is 4.65. The fourth-order valence-electron chi connectivity index (χ4n) is 3.22. The van der Waals surface area contributed by atoms with Crippen molar-refractivity contribution in [2.75, 3.05) is 11.9 Å². The molecule has 2 aromatic rings. The van der Waals surface area contributed by atoms with Crippen LogP contribution >= 0.6 is 34.8 Å². The second-order valence-electron chi connectivity index (χ2n) is 6.44. The summed E-state index contributed by atoms with van der Waals surface area (Å²) in [6, 6.07) is 13.5. The van der Waals surface area contributed by atoms with E-state index in [1.165, 1.54) is 0 Å². The minimum absolute atomic E-state index is 0.0415. The standard InChI is InChI=1S/C21H18Cl3NO3/c22-17(19(23)24)12-28-21(27)16-10-4-3-9-15(16)20(26)25-18-11-5-7-13-6-1-2-8-14(13)18/h1-8,11,15-16H,9-10,12H2,(H,25,26)/t15-,16-/m1/s1. The second kappa shape index (κ2) is 9.46. The van der Waals surface area contributed by atoms with Crippen molar-refractivity contribution in [3.8, 4) is 0 Å². The van der Waals surface area contributed by atoms with Crippen LogP contribution in [0.4, 0.5) is 5.69 Å². The van der Waals surface area contributed by atoms with E-state index in [2.05, 4.69) is 5.32 Å². The van der Waals surface area contributed by atoms with Gasteiger partial charge in [0.1, 0.15) is 11.1 Å². The van der Waals surface area contributed by atoms with Crippen LogP contribution in [0, 0.1) is 11.8 Å². The van der Waals surface area contributed by atoms with Crippen LogP contribution in [0.1, 0.15) is 12.8 Å². The summed E-state index contributed by atoms with van der Waals surface area (Å²) in [4.78, 5) is 25.4. The van der Waals surface area contributed by atoms with Crippen molar-refractivity contribution < 1.29 is 14.3 Å². The molecular formula is C21H18Cl3NO3. The van der Waals surface area contributed by atoms with E-state index in [-0.39, 0.29) is 22.0 Å². The summed E-state index contributed by atoms with van der Waals surface area (Å²) in [5, 5.41) is 4.98. The monoisotopic (exact) mass is 437 g/mol. The highest BCUT2D eigenvalue weighted by Crippen LogP contribution is 2.30. The Hall–Kier alpha value is -2.01. The van der Waals surface area contributed by atoms with Gasteiger partial charge >= 0.3 is 5.97 Å². The Morgan fingerprint density at radius 1 is 0.964 bits per heavy atom. The molecule has 146 valence electrons. The molecule has 0 unspecified atom stereocenters. The van der Waals surface area contributed by atoms with E-state index in [9.17, 15) is 9.59 Å². The topological polar surface area (TPSA) is 55.4 Å². The lowest BCUT2D eigenvalue weighted by Gasteiger charge is -2.26. The SMILES string of the molecule is O=C(Nc1cccc2ccccc12)[C@@H]1CC=CC[C@H]1C(=O)OCC(Cl)=C(Cl)Cl. The van der Waals surface area contributed by atoms with Gasteiger partial charge in [0, 0.05) is 11.1 Å². The molecule has 0 saturated heterocycles. The first-order valence-corrected chi connectivity index (χ1v) is 9.90. The molecule has 0 saturated carbocycles. The van der Waals surface area contributed by atoms with Gasteiger partial charge in [0.15, 0.2) is 0 Å². The number of anilines is 1. The van der Waals surface area contributed by atoms with Gasteiger partial charge in [0.25, 0.3) is 0 Å². The first-order valence-electron chi connectivity index (χ1n) is 8.77. The van der Waals surface area contributed by atoms with Gasteiger partial charge in [-0.25, -0.2) is 0 Å². The van der Waals surface area contributed by atoms with E-state index in [4.69, 9.17) is 39.5 Å². The summed E-state index contributed by atoms with van der Waals surface area (Å²) in [5.74, 6) is -1.86. The number of hydrogen-bond acceptors (Lipinski definition) is 3. The highest BCUT2D eigenvalue weighted by molar-refractivity contribution is 6.59. The average molecular weight is 439 g/mol. The number of esters is 1. The molecule has 1 amide bonds. The predicted molar refractivity (Wildman–Crippen MR) is 113 cm³/mol. The number of carbonyl (C=O) groups excluding carboxylic acids is 2.